The van der Waals surface area contributed by atoms with E-state index in [4.69, 9.17) is 0 Å². The van der Waals surface area contributed by atoms with Gasteiger partial charge in [0.1, 0.15) is 11.4 Å². The minimum Gasteiger partial charge on any atom is -0.406 e. The number of benzene rings is 1. The number of nitrogens with zero attached hydrogens (tertiary/aromatic N) is 4. The molecule has 1 unspecified atom stereocenters. The van der Waals surface area contributed by atoms with Gasteiger partial charge in [-0.3, -0.25) is 4.79 Å². The number of aryl methyl sites for hydroxylation is 1. The first kappa shape index (κ1) is 23.2. The molecule has 1 aromatic carbocycles. The minimum atomic E-state index is -4.75. The normalized spacial score (nSPS) is 24.9. The van der Waals surface area contributed by atoms with Gasteiger partial charge in [-0.2, -0.15) is 0 Å². The van der Waals surface area contributed by atoms with Crippen LogP contribution in [0.2, 0.25) is 0 Å². The number of rotatable bonds is 8. The highest BCUT2D eigenvalue weighted by Gasteiger charge is 2.56. The van der Waals surface area contributed by atoms with Crippen molar-refractivity contribution in [2.24, 2.45) is 30.7 Å². The molecule has 9 heteroatoms. The van der Waals surface area contributed by atoms with Crippen molar-refractivity contribution in [1.29, 1.82) is 0 Å². The van der Waals surface area contributed by atoms with E-state index >= 15 is 0 Å². The van der Waals surface area contributed by atoms with Gasteiger partial charge in [-0.05, 0) is 54.2 Å². The fourth-order valence-electron chi connectivity index (χ4n) is 5.94. The number of likely N-dealkylation sites (tertiary alicyclic amines) is 1. The number of fused-ring (bicyclic) bond motifs is 1. The first-order chi connectivity index (χ1) is 16.2. The van der Waals surface area contributed by atoms with E-state index in [1.54, 1.807) is 35.1 Å². The standard InChI is InChI=1S/C25H31F3N4O2/c1-30-15-23(29-16-30)24(33)32(11-18-7-4-8-19(9-18)34-25(26,27)28)14-22-20-12-31(13-21(20)22)10-17-5-2-3-6-17/h4,7-9,15-17,20-22H,2-3,5-6,10-14H2,1H3/t20-,21+,22?. The number of imidazole rings is 1. The summed E-state index contributed by atoms with van der Waals surface area (Å²) in [6.07, 6.45) is 3.91. The molecule has 184 valence electrons. The second-order valence-electron chi connectivity index (χ2n) is 10.2. The highest BCUT2D eigenvalue weighted by molar-refractivity contribution is 5.92. The fraction of sp³-hybridized carbons (Fsp3) is 0.600. The SMILES string of the molecule is Cn1cnc(C(=O)N(Cc2cccc(OC(F)(F)F)c2)CC2[C@H]3CN(CC4CCCC4)C[C@@H]23)c1. The summed E-state index contributed by atoms with van der Waals surface area (Å²) >= 11 is 0. The molecule has 0 spiro atoms. The predicted molar refractivity (Wildman–Crippen MR) is 120 cm³/mol. The number of carbonyl (C=O) groups excluding carboxylic acids is 1. The van der Waals surface area contributed by atoms with Crippen LogP contribution in [0, 0.1) is 23.7 Å². The molecule has 2 heterocycles. The Balaban J connectivity index is 1.25. The van der Waals surface area contributed by atoms with Gasteiger partial charge in [0.25, 0.3) is 5.91 Å². The molecule has 1 aromatic heterocycles. The van der Waals surface area contributed by atoms with Gasteiger partial charge in [0.2, 0.25) is 0 Å². The third kappa shape index (κ3) is 5.40. The number of hydrogen-bond donors (Lipinski definition) is 0. The van der Waals surface area contributed by atoms with Gasteiger partial charge in [-0.15, -0.1) is 13.2 Å². The van der Waals surface area contributed by atoms with Crippen molar-refractivity contribution in [1.82, 2.24) is 19.4 Å². The highest BCUT2D eigenvalue weighted by Crippen LogP contribution is 2.52. The molecule has 1 aliphatic heterocycles. The predicted octanol–water partition coefficient (Wildman–Crippen LogP) is 4.33. The van der Waals surface area contributed by atoms with Crippen molar-refractivity contribution >= 4 is 5.91 Å². The molecule has 0 radical (unpaired) electrons. The lowest BCUT2D eigenvalue weighted by molar-refractivity contribution is -0.274. The van der Waals surface area contributed by atoms with Gasteiger partial charge < -0.3 is 19.1 Å². The van der Waals surface area contributed by atoms with Crippen molar-refractivity contribution < 1.29 is 22.7 Å². The van der Waals surface area contributed by atoms with E-state index in [1.165, 1.54) is 50.4 Å². The van der Waals surface area contributed by atoms with E-state index in [9.17, 15) is 18.0 Å². The summed E-state index contributed by atoms with van der Waals surface area (Å²) in [7, 11) is 1.80. The molecular weight excluding hydrogens is 445 g/mol. The van der Waals surface area contributed by atoms with E-state index in [1.807, 2.05) is 0 Å². The fourth-order valence-corrected chi connectivity index (χ4v) is 5.94. The topological polar surface area (TPSA) is 50.6 Å². The van der Waals surface area contributed by atoms with Gasteiger partial charge in [0, 0.05) is 46.0 Å². The van der Waals surface area contributed by atoms with Crippen LogP contribution < -0.4 is 4.74 Å². The van der Waals surface area contributed by atoms with E-state index in [0.717, 1.165) is 19.0 Å². The lowest BCUT2D eigenvalue weighted by Crippen LogP contribution is -2.36. The van der Waals surface area contributed by atoms with Gasteiger partial charge in [0.15, 0.2) is 0 Å². The minimum absolute atomic E-state index is 0.199. The Morgan fingerprint density at radius 2 is 1.94 bits per heavy atom. The molecule has 34 heavy (non-hydrogen) atoms. The van der Waals surface area contributed by atoms with Crippen molar-refractivity contribution in [3.8, 4) is 5.75 Å². The van der Waals surface area contributed by atoms with Crippen LogP contribution in [0.5, 0.6) is 5.75 Å². The van der Waals surface area contributed by atoms with E-state index < -0.39 is 6.36 Å². The molecule has 2 saturated carbocycles. The number of piperidine rings is 1. The number of carbonyl (C=O) groups is 1. The lowest BCUT2D eigenvalue weighted by atomic mass is 10.1. The highest BCUT2D eigenvalue weighted by atomic mass is 19.4. The zero-order valence-electron chi connectivity index (χ0n) is 19.4. The molecule has 1 saturated heterocycles. The first-order valence-electron chi connectivity index (χ1n) is 12.1. The molecule has 3 aliphatic rings. The molecule has 2 aromatic rings. The summed E-state index contributed by atoms with van der Waals surface area (Å²) in [6.45, 7) is 4.18. The summed E-state index contributed by atoms with van der Waals surface area (Å²) in [4.78, 5) is 21.8. The van der Waals surface area contributed by atoms with Crippen molar-refractivity contribution in [3.63, 3.8) is 0 Å². The second-order valence-corrected chi connectivity index (χ2v) is 10.2. The maximum Gasteiger partial charge on any atom is 0.573 e. The van der Waals surface area contributed by atoms with Gasteiger partial charge in [-0.25, -0.2) is 4.98 Å². The number of ether oxygens (including phenoxy) is 1. The Morgan fingerprint density at radius 3 is 2.59 bits per heavy atom. The number of halogens is 3. The smallest absolute Gasteiger partial charge is 0.406 e. The van der Waals surface area contributed by atoms with Crippen molar-refractivity contribution in [2.45, 2.75) is 38.6 Å². The van der Waals surface area contributed by atoms with Crippen LogP contribution >= 0.6 is 0 Å². The van der Waals surface area contributed by atoms with Gasteiger partial charge >= 0.3 is 6.36 Å². The van der Waals surface area contributed by atoms with Crippen molar-refractivity contribution in [3.05, 3.63) is 48.0 Å². The van der Waals surface area contributed by atoms with Crippen LogP contribution in [0.4, 0.5) is 13.2 Å². The van der Waals surface area contributed by atoms with Crippen LogP contribution in [0.15, 0.2) is 36.8 Å². The molecule has 0 N–H and O–H groups in total. The summed E-state index contributed by atoms with van der Waals surface area (Å²) in [5.41, 5.74) is 0.943. The Hall–Kier alpha value is -2.55. The Kier molecular flexibility index (Phi) is 6.31. The molecular formula is C25H31F3N4O2. The summed E-state index contributed by atoms with van der Waals surface area (Å²) in [5, 5.41) is 0. The van der Waals surface area contributed by atoms with Crippen LogP contribution in [-0.2, 0) is 13.6 Å². The Labute approximate surface area is 197 Å². The van der Waals surface area contributed by atoms with Crippen LogP contribution in [0.25, 0.3) is 0 Å². The average molecular weight is 477 g/mol. The first-order valence-corrected chi connectivity index (χ1v) is 12.1. The van der Waals surface area contributed by atoms with E-state index in [-0.39, 0.29) is 18.2 Å². The van der Waals surface area contributed by atoms with Crippen LogP contribution in [0.1, 0.15) is 41.7 Å². The van der Waals surface area contributed by atoms with E-state index in [2.05, 4.69) is 14.6 Å². The molecule has 3 fully saturated rings. The van der Waals surface area contributed by atoms with Crippen LogP contribution in [0.3, 0.4) is 0 Å². The summed E-state index contributed by atoms with van der Waals surface area (Å²) < 4.78 is 43.8. The monoisotopic (exact) mass is 476 g/mol. The molecule has 0 bridgehead atoms. The molecule has 2 aliphatic carbocycles. The number of hydrogen-bond acceptors (Lipinski definition) is 4. The molecule has 6 nitrogen and oxygen atoms in total. The third-order valence-corrected chi connectivity index (χ3v) is 7.59. The maximum atomic E-state index is 13.3. The lowest BCUT2D eigenvalue weighted by Gasteiger charge is -2.26. The zero-order chi connectivity index (χ0) is 23.9. The molecule has 1 amide bonds. The Bertz CT molecular complexity index is 1010. The van der Waals surface area contributed by atoms with Crippen LogP contribution in [-0.4, -0.2) is 57.8 Å². The van der Waals surface area contributed by atoms with Gasteiger partial charge in [-0.1, -0.05) is 25.0 Å². The molecule has 5 rings (SSSR count). The Morgan fingerprint density at radius 1 is 1.21 bits per heavy atom. The molecule has 3 atom stereocenters. The number of aromatic nitrogens is 2. The number of alkyl halides is 3. The largest absolute Gasteiger partial charge is 0.573 e. The summed E-state index contributed by atoms with van der Waals surface area (Å²) in [6, 6.07) is 5.86. The second kappa shape index (κ2) is 9.24. The average Bonchev–Trinajstić information content (AvgIpc) is 3.27. The third-order valence-electron chi connectivity index (χ3n) is 7.59. The maximum absolute atomic E-state index is 13.3. The quantitative estimate of drug-likeness (QED) is 0.569. The van der Waals surface area contributed by atoms with E-state index in [0.29, 0.717) is 35.6 Å². The number of amides is 1. The van der Waals surface area contributed by atoms with Crippen molar-refractivity contribution in [2.75, 3.05) is 26.2 Å². The summed E-state index contributed by atoms with van der Waals surface area (Å²) in [5.74, 6) is 1.99. The van der Waals surface area contributed by atoms with Gasteiger partial charge in [0.05, 0.1) is 6.33 Å². The zero-order valence-corrected chi connectivity index (χ0v) is 19.4.